The second-order valence-corrected chi connectivity index (χ2v) is 6.55. The average molecular weight is 345 g/mol. The van der Waals surface area contributed by atoms with Gasteiger partial charge in [0.2, 0.25) is 0 Å². The van der Waals surface area contributed by atoms with Crippen LogP contribution < -0.4 is 10.1 Å². The summed E-state index contributed by atoms with van der Waals surface area (Å²) in [6.45, 7) is 3.66. The number of nitrogens with one attached hydrogen (secondary N) is 1. The summed E-state index contributed by atoms with van der Waals surface area (Å²) in [6.07, 6.45) is 2.29. The molecular formula is C24H27NO. The molecule has 3 aromatic rings. The first-order chi connectivity index (χ1) is 12.8. The summed E-state index contributed by atoms with van der Waals surface area (Å²) >= 11 is 0. The van der Waals surface area contributed by atoms with E-state index >= 15 is 0 Å². The van der Waals surface area contributed by atoms with Gasteiger partial charge in [-0.05, 0) is 35.2 Å². The highest BCUT2D eigenvalue weighted by Crippen LogP contribution is 2.20. The molecule has 134 valence electrons. The second kappa shape index (κ2) is 9.79. The molecule has 3 rings (SSSR count). The van der Waals surface area contributed by atoms with Crippen LogP contribution in [0, 0.1) is 0 Å². The van der Waals surface area contributed by atoms with E-state index in [9.17, 15) is 0 Å². The summed E-state index contributed by atoms with van der Waals surface area (Å²) in [6, 6.07) is 29.7. The normalized spacial score (nSPS) is 11.9. The molecule has 0 spiro atoms. The summed E-state index contributed by atoms with van der Waals surface area (Å²) in [5.41, 5.74) is 3.78. The van der Waals surface area contributed by atoms with Crippen molar-refractivity contribution in [2.75, 3.05) is 0 Å². The zero-order valence-electron chi connectivity index (χ0n) is 15.4. The van der Waals surface area contributed by atoms with E-state index in [0.29, 0.717) is 12.6 Å². The molecule has 0 aromatic heterocycles. The van der Waals surface area contributed by atoms with E-state index in [1.165, 1.54) is 16.7 Å². The minimum absolute atomic E-state index is 0.384. The van der Waals surface area contributed by atoms with Crippen molar-refractivity contribution in [3.63, 3.8) is 0 Å². The van der Waals surface area contributed by atoms with Crippen LogP contribution in [0.1, 0.15) is 42.5 Å². The van der Waals surface area contributed by atoms with Crippen LogP contribution in [0.15, 0.2) is 84.9 Å². The fraction of sp³-hybridized carbons (Fsp3) is 0.250. The Hall–Kier alpha value is -2.58. The van der Waals surface area contributed by atoms with Crippen molar-refractivity contribution in [1.29, 1.82) is 0 Å². The Morgan fingerprint density at radius 1 is 0.808 bits per heavy atom. The average Bonchev–Trinajstić information content (AvgIpc) is 2.71. The lowest BCUT2D eigenvalue weighted by Crippen LogP contribution is -2.20. The zero-order chi connectivity index (χ0) is 18.0. The maximum Gasteiger partial charge on any atom is 0.120 e. The minimum atomic E-state index is 0.384. The topological polar surface area (TPSA) is 21.3 Å². The third-order valence-electron chi connectivity index (χ3n) is 4.48. The van der Waals surface area contributed by atoms with E-state index < -0.39 is 0 Å². The van der Waals surface area contributed by atoms with Gasteiger partial charge in [-0.2, -0.15) is 0 Å². The standard InChI is InChI=1S/C24H27NO/c1-2-10-24(22-14-7-4-8-15-22)25-18-21-13-9-16-23(17-21)26-19-20-11-5-3-6-12-20/h3-9,11-17,24-25H,2,10,18-19H2,1H3. The Morgan fingerprint density at radius 2 is 1.50 bits per heavy atom. The summed E-state index contributed by atoms with van der Waals surface area (Å²) in [4.78, 5) is 0. The Kier molecular flexibility index (Phi) is 6.86. The van der Waals surface area contributed by atoms with E-state index in [2.05, 4.69) is 72.9 Å². The van der Waals surface area contributed by atoms with Crippen molar-refractivity contribution in [1.82, 2.24) is 5.32 Å². The quantitative estimate of drug-likeness (QED) is 0.521. The molecule has 0 amide bonds. The number of hydrogen-bond acceptors (Lipinski definition) is 2. The second-order valence-electron chi connectivity index (χ2n) is 6.55. The summed E-state index contributed by atoms with van der Waals surface area (Å²) < 4.78 is 5.94. The van der Waals surface area contributed by atoms with Crippen LogP contribution in [0.5, 0.6) is 5.75 Å². The zero-order valence-corrected chi connectivity index (χ0v) is 15.4. The highest BCUT2D eigenvalue weighted by molar-refractivity contribution is 5.29. The first-order valence-corrected chi connectivity index (χ1v) is 9.39. The fourth-order valence-electron chi connectivity index (χ4n) is 3.09. The number of hydrogen-bond donors (Lipinski definition) is 1. The van der Waals surface area contributed by atoms with Gasteiger partial charge >= 0.3 is 0 Å². The molecular weight excluding hydrogens is 318 g/mol. The van der Waals surface area contributed by atoms with Crippen LogP contribution >= 0.6 is 0 Å². The number of benzene rings is 3. The molecule has 2 nitrogen and oxygen atoms in total. The van der Waals surface area contributed by atoms with Crippen LogP contribution in [0.4, 0.5) is 0 Å². The molecule has 1 atom stereocenters. The largest absolute Gasteiger partial charge is 0.489 e. The lowest BCUT2D eigenvalue weighted by Gasteiger charge is -2.19. The maximum atomic E-state index is 5.94. The molecule has 1 unspecified atom stereocenters. The number of ether oxygens (including phenoxy) is 1. The molecule has 0 bridgehead atoms. The Morgan fingerprint density at radius 3 is 2.23 bits per heavy atom. The van der Waals surface area contributed by atoms with Gasteiger partial charge in [-0.25, -0.2) is 0 Å². The van der Waals surface area contributed by atoms with Crippen molar-refractivity contribution in [3.8, 4) is 5.75 Å². The first-order valence-electron chi connectivity index (χ1n) is 9.39. The fourth-order valence-corrected chi connectivity index (χ4v) is 3.09. The van der Waals surface area contributed by atoms with Gasteiger partial charge in [-0.3, -0.25) is 0 Å². The molecule has 0 radical (unpaired) electrons. The van der Waals surface area contributed by atoms with Gasteiger partial charge in [0.05, 0.1) is 0 Å². The Bertz CT molecular complexity index is 770. The van der Waals surface area contributed by atoms with E-state index in [-0.39, 0.29) is 0 Å². The van der Waals surface area contributed by atoms with Crippen LogP contribution in [-0.2, 0) is 13.2 Å². The van der Waals surface area contributed by atoms with Crippen molar-refractivity contribution in [2.45, 2.75) is 39.0 Å². The molecule has 0 saturated heterocycles. The van der Waals surface area contributed by atoms with Crippen molar-refractivity contribution in [3.05, 3.63) is 102 Å². The van der Waals surface area contributed by atoms with Crippen LogP contribution in [0.3, 0.4) is 0 Å². The lowest BCUT2D eigenvalue weighted by molar-refractivity contribution is 0.306. The predicted molar refractivity (Wildman–Crippen MR) is 108 cm³/mol. The van der Waals surface area contributed by atoms with Gasteiger partial charge in [0.25, 0.3) is 0 Å². The van der Waals surface area contributed by atoms with Crippen molar-refractivity contribution < 1.29 is 4.74 Å². The highest BCUT2D eigenvalue weighted by atomic mass is 16.5. The molecule has 0 aliphatic heterocycles. The van der Waals surface area contributed by atoms with E-state index in [4.69, 9.17) is 4.74 Å². The summed E-state index contributed by atoms with van der Waals surface area (Å²) in [7, 11) is 0. The SMILES string of the molecule is CCCC(NCc1cccc(OCc2ccccc2)c1)c1ccccc1. The smallest absolute Gasteiger partial charge is 0.120 e. The molecule has 2 heteroatoms. The van der Waals surface area contributed by atoms with Gasteiger partial charge in [0.1, 0.15) is 12.4 Å². The van der Waals surface area contributed by atoms with Crippen LogP contribution in [-0.4, -0.2) is 0 Å². The molecule has 0 saturated carbocycles. The van der Waals surface area contributed by atoms with Crippen molar-refractivity contribution in [2.24, 2.45) is 0 Å². The maximum absolute atomic E-state index is 5.94. The molecule has 1 N–H and O–H groups in total. The van der Waals surface area contributed by atoms with Gasteiger partial charge in [-0.1, -0.05) is 86.1 Å². The molecule has 0 heterocycles. The van der Waals surface area contributed by atoms with Crippen LogP contribution in [0.2, 0.25) is 0 Å². The third-order valence-corrected chi connectivity index (χ3v) is 4.48. The van der Waals surface area contributed by atoms with E-state index in [1.807, 2.05) is 24.3 Å². The summed E-state index contributed by atoms with van der Waals surface area (Å²) in [5, 5.41) is 3.70. The molecule has 26 heavy (non-hydrogen) atoms. The predicted octanol–water partition coefficient (Wildman–Crippen LogP) is 5.90. The highest BCUT2D eigenvalue weighted by Gasteiger charge is 2.09. The first kappa shape index (κ1) is 18.2. The number of rotatable bonds is 9. The lowest BCUT2D eigenvalue weighted by atomic mass is 10.0. The van der Waals surface area contributed by atoms with Gasteiger partial charge in [-0.15, -0.1) is 0 Å². The van der Waals surface area contributed by atoms with Gasteiger partial charge in [0.15, 0.2) is 0 Å². The Labute approximate surface area is 156 Å². The molecule has 0 aliphatic rings. The monoisotopic (exact) mass is 345 g/mol. The van der Waals surface area contributed by atoms with E-state index in [1.54, 1.807) is 0 Å². The Balaban J connectivity index is 1.59. The summed E-state index contributed by atoms with van der Waals surface area (Å²) in [5.74, 6) is 0.917. The van der Waals surface area contributed by atoms with E-state index in [0.717, 1.165) is 25.1 Å². The molecule has 0 aliphatic carbocycles. The van der Waals surface area contributed by atoms with Crippen molar-refractivity contribution >= 4 is 0 Å². The minimum Gasteiger partial charge on any atom is -0.489 e. The van der Waals surface area contributed by atoms with Gasteiger partial charge < -0.3 is 10.1 Å². The van der Waals surface area contributed by atoms with Gasteiger partial charge in [0, 0.05) is 12.6 Å². The van der Waals surface area contributed by atoms with Crippen LogP contribution in [0.25, 0.3) is 0 Å². The molecule has 3 aromatic carbocycles. The molecule has 0 fully saturated rings. The third kappa shape index (κ3) is 5.47.